The van der Waals surface area contributed by atoms with E-state index in [0.717, 1.165) is 17.8 Å². The summed E-state index contributed by atoms with van der Waals surface area (Å²) >= 11 is 0. The second-order valence-corrected chi connectivity index (χ2v) is 7.08. The molecule has 0 aliphatic carbocycles. The van der Waals surface area contributed by atoms with E-state index < -0.39 is 5.91 Å². The zero-order valence-corrected chi connectivity index (χ0v) is 15.8. The van der Waals surface area contributed by atoms with Gasteiger partial charge in [0.25, 0.3) is 0 Å². The summed E-state index contributed by atoms with van der Waals surface area (Å²) in [7, 11) is 2.03. The smallest absolute Gasteiger partial charge is 0.248 e. The maximum absolute atomic E-state index is 12.5. The molecule has 0 spiro atoms. The van der Waals surface area contributed by atoms with E-state index in [0.29, 0.717) is 23.0 Å². The number of aromatic nitrogens is 2. The third-order valence-electron chi connectivity index (χ3n) is 4.82. The summed E-state index contributed by atoms with van der Waals surface area (Å²) in [6.45, 7) is 4.81. The molecule has 0 fully saturated rings. The average molecular weight is 364 g/mol. The molecule has 0 bridgehead atoms. The second-order valence-electron chi connectivity index (χ2n) is 7.08. The van der Waals surface area contributed by atoms with Crippen molar-refractivity contribution in [1.29, 1.82) is 0 Å². The van der Waals surface area contributed by atoms with Crippen molar-refractivity contribution in [2.24, 2.45) is 5.73 Å². The Morgan fingerprint density at radius 3 is 2.74 bits per heavy atom. The van der Waals surface area contributed by atoms with Crippen LogP contribution in [0.25, 0.3) is 10.9 Å². The molecule has 0 saturated carbocycles. The van der Waals surface area contributed by atoms with Gasteiger partial charge in [0, 0.05) is 59.1 Å². The fourth-order valence-corrected chi connectivity index (χ4v) is 3.13. The molecule has 3 aromatic rings. The van der Waals surface area contributed by atoms with Crippen LogP contribution in [0, 0.1) is 6.92 Å². The number of nitrogens with zero attached hydrogens (tertiary/aromatic N) is 2. The van der Waals surface area contributed by atoms with E-state index in [2.05, 4.69) is 34.8 Å². The van der Waals surface area contributed by atoms with Crippen molar-refractivity contribution >= 4 is 16.8 Å². The van der Waals surface area contributed by atoms with E-state index >= 15 is 0 Å². The molecule has 1 amide bonds. The van der Waals surface area contributed by atoms with Crippen LogP contribution in [0.1, 0.15) is 34.2 Å². The Kier molecular flexibility index (Phi) is 5.37. The molecule has 0 saturated heterocycles. The first-order chi connectivity index (χ1) is 12.8. The summed E-state index contributed by atoms with van der Waals surface area (Å²) < 4.78 is 0. The number of fused-ring (bicyclic) bond motifs is 1. The molecule has 2 aromatic heterocycles. The van der Waals surface area contributed by atoms with Gasteiger partial charge in [-0.15, -0.1) is 0 Å². The fourth-order valence-electron chi connectivity index (χ4n) is 3.13. The van der Waals surface area contributed by atoms with Gasteiger partial charge in [0.2, 0.25) is 5.91 Å². The number of aromatic amines is 1. The first-order valence-corrected chi connectivity index (χ1v) is 8.91. The average Bonchev–Trinajstić information content (AvgIpc) is 2.61. The lowest BCUT2D eigenvalue weighted by atomic mass is 10.1. The SMILES string of the molecule is Cc1ccnc(C[C@@H](C)N(C)Cc2cc(=O)c3cc(C(N)=O)ccc3[nH]2)c1. The maximum atomic E-state index is 12.5. The summed E-state index contributed by atoms with van der Waals surface area (Å²) in [5, 5.41) is 0.467. The minimum Gasteiger partial charge on any atom is -0.366 e. The number of nitrogens with one attached hydrogen (secondary N) is 1. The Hall–Kier alpha value is -2.99. The normalized spacial score (nSPS) is 12.4. The predicted molar refractivity (Wildman–Crippen MR) is 107 cm³/mol. The standard InChI is InChI=1S/C21H24N4O2/c1-13-6-7-23-16(8-13)9-14(2)25(3)12-17-11-20(26)18-10-15(21(22)27)4-5-19(18)24-17/h4-8,10-11,14H,9,12H2,1-3H3,(H2,22,27)(H,24,26)/t14-/m1/s1. The fraction of sp³-hybridized carbons (Fsp3) is 0.286. The van der Waals surface area contributed by atoms with Gasteiger partial charge in [-0.3, -0.25) is 19.5 Å². The molecule has 27 heavy (non-hydrogen) atoms. The Morgan fingerprint density at radius 2 is 2.04 bits per heavy atom. The number of carbonyl (C=O) groups excluding carboxylic acids is 1. The number of pyridine rings is 2. The van der Waals surface area contributed by atoms with Crippen LogP contribution in [0.5, 0.6) is 0 Å². The van der Waals surface area contributed by atoms with E-state index in [1.807, 2.05) is 19.3 Å². The van der Waals surface area contributed by atoms with Gasteiger partial charge in [0.15, 0.2) is 5.43 Å². The summed E-state index contributed by atoms with van der Waals surface area (Å²) in [6.07, 6.45) is 2.66. The number of primary amides is 1. The predicted octanol–water partition coefficient (Wildman–Crippen LogP) is 2.39. The highest BCUT2D eigenvalue weighted by atomic mass is 16.1. The molecule has 3 N–H and O–H groups in total. The number of likely N-dealkylation sites (N-methyl/N-ethyl adjacent to an activating group) is 1. The molecule has 0 radical (unpaired) electrons. The topological polar surface area (TPSA) is 92.1 Å². The summed E-state index contributed by atoms with van der Waals surface area (Å²) in [4.78, 5) is 33.7. The molecular weight excluding hydrogens is 340 g/mol. The Bertz CT molecular complexity index is 1040. The molecule has 140 valence electrons. The van der Waals surface area contributed by atoms with Crippen LogP contribution in [0.3, 0.4) is 0 Å². The lowest BCUT2D eigenvalue weighted by Gasteiger charge is -2.24. The van der Waals surface area contributed by atoms with E-state index in [1.54, 1.807) is 18.2 Å². The van der Waals surface area contributed by atoms with Crippen LogP contribution in [-0.2, 0) is 13.0 Å². The molecule has 2 heterocycles. The van der Waals surface area contributed by atoms with Gasteiger partial charge in [0.1, 0.15) is 0 Å². The third-order valence-corrected chi connectivity index (χ3v) is 4.82. The van der Waals surface area contributed by atoms with E-state index in [4.69, 9.17) is 5.73 Å². The van der Waals surface area contributed by atoms with Gasteiger partial charge < -0.3 is 10.7 Å². The zero-order chi connectivity index (χ0) is 19.6. The van der Waals surface area contributed by atoms with Gasteiger partial charge in [-0.2, -0.15) is 0 Å². The van der Waals surface area contributed by atoms with Gasteiger partial charge in [-0.05, 0) is 56.8 Å². The quantitative estimate of drug-likeness (QED) is 0.702. The van der Waals surface area contributed by atoms with Crippen LogP contribution in [0.2, 0.25) is 0 Å². The first-order valence-electron chi connectivity index (χ1n) is 8.91. The number of H-pyrrole nitrogens is 1. The van der Waals surface area contributed by atoms with Crippen molar-refractivity contribution in [3.05, 3.63) is 75.3 Å². The number of nitrogens with two attached hydrogens (primary N) is 1. The molecule has 6 nitrogen and oxygen atoms in total. The Morgan fingerprint density at radius 1 is 1.26 bits per heavy atom. The van der Waals surface area contributed by atoms with Gasteiger partial charge >= 0.3 is 0 Å². The maximum Gasteiger partial charge on any atom is 0.248 e. The van der Waals surface area contributed by atoms with E-state index in [1.165, 1.54) is 11.6 Å². The lowest BCUT2D eigenvalue weighted by Crippen LogP contribution is -2.31. The van der Waals surface area contributed by atoms with Gasteiger partial charge in [-0.1, -0.05) is 0 Å². The number of hydrogen-bond acceptors (Lipinski definition) is 4. The molecular formula is C21H24N4O2. The molecule has 1 atom stereocenters. The monoisotopic (exact) mass is 364 g/mol. The Balaban J connectivity index is 1.78. The van der Waals surface area contributed by atoms with E-state index in [9.17, 15) is 9.59 Å². The summed E-state index contributed by atoms with van der Waals surface area (Å²) in [5.41, 5.74) is 9.28. The van der Waals surface area contributed by atoms with Crippen molar-refractivity contribution in [2.75, 3.05) is 7.05 Å². The van der Waals surface area contributed by atoms with Crippen LogP contribution in [-0.4, -0.2) is 33.9 Å². The number of carbonyl (C=O) groups is 1. The van der Waals surface area contributed by atoms with Crippen molar-refractivity contribution in [3.63, 3.8) is 0 Å². The summed E-state index contributed by atoms with van der Waals surface area (Å²) in [6, 6.07) is 10.8. The third kappa shape index (κ3) is 4.41. The number of benzene rings is 1. The van der Waals surface area contributed by atoms with Crippen molar-refractivity contribution in [3.8, 4) is 0 Å². The molecule has 6 heteroatoms. The molecule has 0 aliphatic heterocycles. The summed E-state index contributed by atoms with van der Waals surface area (Å²) in [5.74, 6) is -0.543. The Labute approximate surface area is 158 Å². The first kappa shape index (κ1) is 18.8. The van der Waals surface area contributed by atoms with Crippen molar-refractivity contribution < 1.29 is 4.79 Å². The van der Waals surface area contributed by atoms with Gasteiger partial charge in [0.05, 0.1) is 0 Å². The van der Waals surface area contributed by atoms with Crippen LogP contribution in [0.4, 0.5) is 0 Å². The zero-order valence-electron chi connectivity index (χ0n) is 15.8. The molecule has 0 unspecified atom stereocenters. The molecule has 0 aliphatic rings. The number of rotatable bonds is 6. The van der Waals surface area contributed by atoms with Crippen LogP contribution >= 0.6 is 0 Å². The van der Waals surface area contributed by atoms with Crippen LogP contribution < -0.4 is 11.2 Å². The highest BCUT2D eigenvalue weighted by Crippen LogP contribution is 2.14. The second kappa shape index (κ2) is 7.72. The number of amides is 1. The molecule has 3 rings (SSSR count). The van der Waals surface area contributed by atoms with Crippen molar-refractivity contribution in [2.45, 2.75) is 32.9 Å². The minimum atomic E-state index is -0.543. The highest BCUT2D eigenvalue weighted by Gasteiger charge is 2.13. The van der Waals surface area contributed by atoms with Crippen LogP contribution in [0.15, 0.2) is 47.4 Å². The van der Waals surface area contributed by atoms with E-state index in [-0.39, 0.29) is 11.5 Å². The number of aryl methyl sites for hydroxylation is 1. The minimum absolute atomic E-state index is 0.122. The number of hydrogen-bond donors (Lipinski definition) is 2. The lowest BCUT2D eigenvalue weighted by molar-refractivity contribution is 0.100. The van der Waals surface area contributed by atoms with Gasteiger partial charge in [-0.25, -0.2) is 0 Å². The molecule has 1 aromatic carbocycles. The van der Waals surface area contributed by atoms with Crippen molar-refractivity contribution in [1.82, 2.24) is 14.9 Å². The highest BCUT2D eigenvalue weighted by molar-refractivity contribution is 5.96. The largest absolute Gasteiger partial charge is 0.366 e.